The van der Waals surface area contributed by atoms with Crippen LogP contribution in [0.1, 0.15) is 66.9 Å². The molecule has 2 aromatic rings. The topological polar surface area (TPSA) is 72.1 Å². The van der Waals surface area contributed by atoms with Crippen molar-refractivity contribution in [1.82, 2.24) is 15.1 Å². The Bertz CT molecular complexity index is 794. The fourth-order valence-corrected chi connectivity index (χ4v) is 3.87. The van der Waals surface area contributed by atoms with Gasteiger partial charge in [-0.3, -0.25) is 4.79 Å². The minimum absolute atomic E-state index is 0.00239. The Morgan fingerprint density at radius 1 is 1.30 bits per heavy atom. The maximum absolute atomic E-state index is 13.6. The van der Waals surface area contributed by atoms with Crippen LogP contribution in [0.15, 0.2) is 28.9 Å². The summed E-state index contributed by atoms with van der Waals surface area (Å²) >= 11 is 0. The van der Waals surface area contributed by atoms with Crippen LogP contribution in [-0.2, 0) is 0 Å². The van der Waals surface area contributed by atoms with Crippen molar-refractivity contribution < 1.29 is 22.4 Å². The zero-order chi connectivity index (χ0) is 19.0. The molecule has 1 saturated carbocycles. The number of rotatable bonds is 3. The van der Waals surface area contributed by atoms with Crippen LogP contribution < -0.4 is 10.6 Å². The number of carbonyl (C=O) groups is 1. The van der Waals surface area contributed by atoms with Gasteiger partial charge in [-0.15, -0.1) is 0 Å². The zero-order valence-electron chi connectivity index (χ0n) is 14.6. The number of carbonyl (C=O) groups excluding carboxylic acids is 1. The van der Waals surface area contributed by atoms with Crippen molar-refractivity contribution in [2.24, 2.45) is 0 Å². The predicted molar refractivity (Wildman–Crippen MR) is 91.3 cm³/mol. The number of alkyl halides is 3. The van der Waals surface area contributed by atoms with E-state index in [4.69, 9.17) is 4.42 Å². The molecule has 0 aromatic carbocycles. The second-order valence-corrected chi connectivity index (χ2v) is 7.17. The van der Waals surface area contributed by atoms with Crippen molar-refractivity contribution >= 4 is 11.7 Å². The molecule has 6 nitrogen and oxygen atoms in total. The molecule has 2 aliphatic rings. The number of fused-ring (bicyclic) bond motifs is 1. The minimum atomic E-state index is -4.48. The van der Waals surface area contributed by atoms with Gasteiger partial charge in [0, 0.05) is 18.5 Å². The number of nitrogens with one attached hydrogen (secondary N) is 2. The average Bonchev–Trinajstić information content (AvgIpc) is 3.30. The van der Waals surface area contributed by atoms with Gasteiger partial charge in [0.05, 0.1) is 12.3 Å². The molecule has 2 N–H and O–H groups in total. The van der Waals surface area contributed by atoms with E-state index >= 15 is 0 Å². The molecule has 1 aliphatic heterocycles. The van der Waals surface area contributed by atoms with Crippen LogP contribution in [0.3, 0.4) is 0 Å². The second-order valence-electron chi connectivity index (χ2n) is 7.17. The number of furan rings is 1. The Balaban J connectivity index is 1.58. The lowest BCUT2D eigenvalue weighted by Crippen LogP contribution is -2.37. The van der Waals surface area contributed by atoms with Crippen LogP contribution in [0.5, 0.6) is 0 Å². The molecule has 0 unspecified atom stereocenters. The van der Waals surface area contributed by atoms with E-state index in [-0.39, 0.29) is 24.0 Å². The Labute approximate surface area is 154 Å². The summed E-state index contributed by atoms with van der Waals surface area (Å²) in [6.07, 6.45) is 1.72. The second kappa shape index (κ2) is 6.94. The van der Waals surface area contributed by atoms with Crippen molar-refractivity contribution in [2.45, 2.75) is 62.8 Å². The molecule has 4 rings (SSSR count). The number of halogens is 3. The third-order valence-corrected chi connectivity index (χ3v) is 5.25. The van der Waals surface area contributed by atoms with Crippen LogP contribution in [-0.4, -0.2) is 27.9 Å². The highest BCUT2D eigenvalue weighted by molar-refractivity contribution is 5.93. The van der Waals surface area contributed by atoms with Crippen LogP contribution in [0.2, 0.25) is 0 Å². The third kappa shape index (κ3) is 3.68. The summed E-state index contributed by atoms with van der Waals surface area (Å²) in [5, 5.41) is 9.87. The highest BCUT2D eigenvalue weighted by Gasteiger charge is 2.47. The van der Waals surface area contributed by atoms with Gasteiger partial charge in [0.2, 0.25) is 0 Å². The van der Waals surface area contributed by atoms with E-state index < -0.39 is 24.2 Å². The molecule has 0 saturated heterocycles. The molecule has 1 fully saturated rings. The van der Waals surface area contributed by atoms with Gasteiger partial charge in [-0.05, 0) is 25.0 Å². The van der Waals surface area contributed by atoms with Crippen molar-refractivity contribution in [3.05, 3.63) is 35.9 Å². The monoisotopic (exact) mass is 382 g/mol. The fourth-order valence-electron chi connectivity index (χ4n) is 3.87. The smallest absolute Gasteiger partial charge is 0.410 e. The highest BCUT2D eigenvalue weighted by Crippen LogP contribution is 2.43. The average molecular weight is 382 g/mol. The summed E-state index contributed by atoms with van der Waals surface area (Å²) in [6, 6.07) is 2.26. The number of hydrogen-bond donors (Lipinski definition) is 2. The van der Waals surface area contributed by atoms with Gasteiger partial charge >= 0.3 is 6.18 Å². The summed E-state index contributed by atoms with van der Waals surface area (Å²) in [6.45, 7) is 0. The molecule has 0 radical (unpaired) electrons. The Kier molecular flexibility index (Phi) is 4.61. The molecule has 3 heterocycles. The van der Waals surface area contributed by atoms with E-state index in [0.29, 0.717) is 5.76 Å². The maximum atomic E-state index is 13.6. The van der Waals surface area contributed by atoms with Crippen LogP contribution >= 0.6 is 0 Å². The first-order chi connectivity index (χ1) is 12.9. The van der Waals surface area contributed by atoms with Crippen LogP contribution in [0.4, 0.5) is 19.0 Å². The van der Waals surface area contributed by atoms with Gasteiger partial charge in [-0.2, -0.15) is 18.3 Å². The first-order valence-electron chi connectivity index (χ1n) is 9.19. The first-order valence-corrected chi connectivity index (χ1v) is 9.19. The van der Waals surface area contributed by atoms with Gasteiger partial charge < -0.3 is 15.1 Å². The minimum Gasteiger partial charge on any atom is -0.467 e. The fraction of sp³-hybridized carbons (Fsp3) is 0.556. The number of hydrogen-bond acceptors (Lipinski definition) is 4. The lowest BCUT2D eigenvalue weighted by atomic mass is 9.95. The van der Waals surface area contributed by atoms with Gasteiger partial charge in [0.15, 0.2) is 11.7 Å². The van der Waals surface area contributed by atoms with Crippen molar-refractivity contribution in [3.63, 3.8) is 0 Å². The van der Waals surface area contributed by atoms with Crippen molar-refractivity contribution in [1.29, 1.82) is 0 Å². The molecule has 146 valence electrons. The molecule has 0 bridgehead atoms. The summed E-state index contributed by atoms with van der Waals surface area (Å²) in [4.78, 5) is 12.5. The molecular weight excluding hydrogens is 361 g/mol. The normalized spacial score (nSPS) is 23.5. The largest absolute Gasteiger partial charge is 0.467 e. The number of nitrogens with zero attached hydrogens (tertiary/aromatic N) is 2. The molecule has 27 heavy (non-hydrogen) atoms. The molecule has 1 aliphatic carbocycles. The highest BCUT2D eigenvalue weighted by atomic mass is 19.4. The van der Waals surface area contributed by atoms with Crippen LogP contribution in [0, 0.1) is 0 Å². The predicted octanol–water partition coefficient (Wildman–Crippen LogP) is 4.20. The lowest BCUT2D eigenvalue weighted by molar-refractivity contribution is -0.174. The summed E-state index contributed by atoms with van der Waals surface area (Å²) in [5.41, 5.74) is -0.00239. The Hall–Kier alpha value is -2.45. The standard InChI is InChI=1S/C18H21F3N4O2/c19-18(20,21)15-9-12(14-7-4-8-27-14)23-16-10-13(24-25(15)16)17(26)22-11-5-2-1-3-6-11/h4,7-8,10-12,15,23H,1-3,5-6,9H2,(H,22,26)/t12-,15+/m1/s1. The van der Waals surface area contributed by atoms with Crippen molar-refractivity contribution in [2.75, 3.05) is 5.32 Å². The maximum Gasteiger partial charge on any atom is 0.410 e. The Morgan fingerprint density at radius 2 is 2.07 bits per heavy atom. The van der Waals surface area contributed by atoms with Gasteiger partial charge in [0.1, 0.15) is 11.6 Å². The Morgan fingerprint density at radius 3 is 2.74 bits per heavy atom. The SMILES string of the molecule is O=C(NC1CCCCC1)c1cc2n(n1)[C@H](C(F)(F)F)C[C@H](c1ccco1)N2. The number of amides is 1. The van der Waals surface area contributed by atoms with E-state index in [9.17, 15) is 18.0 Å². The van der Waals surface area contributed by atoms with E-state index in [1.807, 2.05) is 0 Å². The van der Waals surface area contributed by atoms with Crippen LogP contribution in [0.25, 0.3) is 0 Å². The van der Waals surface area contributed by atoms with E-state index in [1.165, 1.54) is 12.3 Å². The van der Waals surface area contributed by atoms with E-state index in [0.717, 1.165) is 36.8 Å². The van der Waals surface area contributed by atoms with Gasteiger partial charge in [-0.25, -0.2) is 4.68 Å². The summed E-state index contributed by atoms with van der Waals surface area (Å²) in [5.74, 6) is 0.157. The molecular formula is C18H21F3N4O2. The zero-order valence-corrected chi connectivity index (χ0v) is 14.6. The van der Waals surface area contributed by atoms with E-state index in [1.54, 1.807) is 12.1 Å². The molecule has 0 spiro atoms. The van der Waals surface area contributed by atoms with Crippen molar-refractivity contribution in [3.8, 4) is 0 Å². The summed E-state index contributed by atoms with van der Waals surface area (Å²) in [7, 11) is 0. The first kappa shape index (κ1) is 17.9. The third-order valence-electron chi connectivity index (χ3n) is 5.25. The number of anilines is 1. The van der Waals surface area contributed by atoms with Gasteiger partial charge in [-0.1, -0.05) is 19.3 Å². The molecule has 2 aromatic heterocycles. The summed E-state index contributed by atoms with van der Waals surface area (Å²) < 4.78 is 46.9. The number of aromatic nitrogens is 2. The molecule has 2 atom stereocenters. The quantitative estimate of drug-likeness (QED) is 0.835. The van der Waals surface area contributed by atoms with Gasteiger partial charge in [0.25, 0.3) is 5.91 Å². The molecule has 9 heteroatoms. The lowest BCUT2D eigenvalue weighted by Gasteiger charge is -2.32. The molecule has 1 amide bonds. The van der Waals surface area contributed by atoms with E-state index in [2.05, 4.69) is 15.7 Å².